The summed E-state index contributed by atoms with van der Waals surface area (Å²) in [5, 5.41) is 0.613. The Bertz CT molecular complexity index is 958. The van der Waals surface area contributed by atoms with Crippen LogP contribution in [0.25, 0.3) is 11.1 Å². The Balaban J connectivity index is 2.16. The molecular formula is C22H25F2NO3S. The molecule has 2 aromatic rings. The van der Waals surface area contributed by atoms with Crippen LogP contribution in [0.5, 0.6) is 5.75 Å². The van der Waals surface area contributed by atoms with E-state index in [0.29, 0.717) is 33.9 Å². The molecule has 0 aliphatic carbocycles. The molecule has 4 nitrogen and oxygen atoms in total. The van der Waals surface area contributed by atoms with Crippen molar-refractivity contribution in [1.82, 2.24) is 4.57 Å². The van der Waals surface area contributed by atoms with E-state index in [0.717, 1.165) is 50.5 Å². The molecule has 0 radical (unpaired) electrons. The van der Waals surface area contributed by atoms with Gasteiger partial charge in [0.25, 0.3) is 5.56 Å². The Morgan fingerprint density at radius 3 is 2.62 bits per heavy atom. The van der Waals surface area contributed by atoms with Crippen LogP contribution in [-0.2, 0) is 11.2 Å². The lowest BCUT2D eigenvalue weighted by Gasteiger charge is -2.20. The highest BCUT2D eigenvalue weighted by molar-refractivity contribution is 7.99. The normalized spacial score (nSPS) is 15.4. The number of unbranched alkanes of at least 4 members (excludes halogenated alkanes) is 4. The molecule has 156 valence electrons. The number of nitrogens with zero attached hydrogens (tertiary/aromatic N) is 1. The van der Waals surface area contributed by atoms with Crippen LogP contribution in [0, 0.1) is 11.6 Å². The first-order valence-electron chi connectivity index (χ1n) is 9.92. The fourth-order valence-corrected chi connectivity index (χ4v) is 5.08. The van der Waals surface area contributed by atoms with Crippen LogP contribution in [0.4, 0.5) is 8.78 Å². The Morgan fingerprint density at radius 1 is 1.21 bits per heavy atom. The van der Waals surface area contributed by atoms with Crippen molar-refractivity contribution in [1.29, 1.82) is 0 Å². The van der Waals surface area contributed by atoms with Crippen LogP contribution in [0.2, 0.25) is 0 Å². The van der Waals surface area contributed by atoms with E-state index in [1.807, 2.05) is 0 Å². The molecule has 2 heterocycles. The van der Waals surface area contributed by atoms with Gasteiger partial charge in [-0.25, -0.2) is 8.78 Å². The maximum atomic E-state index is 14.0. The topological polar surface area (TPSA) is 48.3 Å². The van der Waals surface area contributed by atoms with Crippen LogP contribution in [0.15, 0.2) is 28.0 Å². The molecule has 0 bridgehead atoms. The Morgan fingerprint density at radius 2 is 1.97 bits per heavy atom. The SMILES string of the molecule is CCCCCCCc1c(-c2ccc(F)c(F)c2)c2n(c(=O)c1OC)[C@H](C=O)CS2. The first-order chi connectivity index (χ1) is 14.0. The standard InChI is InChI=1S/C22H25F2NO3S/c1-3-4-5-6-7-8-16-19(14-9-10-17(23)18(24)11-14)22-25(15(12-26)13-29-22)21(27)20(16)28-2/h9-12,15H,3-8,13H2,1-2H3/t15-/m1/s1. The second-order valence-corrected chi connectivity index (χ2v) is 8.18. The number of ether oxygens (including phenoxy) is 1. The van der Waals surface area contributed by atoms with E-state index in [1.165, 1.54) is 29.5 Å². The molecule has 0 amide bonds. The smallest absolute Gasteiger partial charge is 0.294 e. The lowest BCUT2D eigenvalue weighted by Crippen LogP contribution is -2.27. The number of carbonyl (C=O) groups excluding carboxylic acids is 1. The molecule has 0 spiro atoms. The number of pyridine rings is 1. The number of carbonyl (C=O) groups is 1. The molecule has 0 saturated heterocycles. The molecule has 1 aliphatic heterocycles. The predicted molar refractivity (Wildman–Crippen MR) is 111 cm³/mol. The Kier molecular flexibility index (Phi) is 7.11. The third kappa shape index (κ3) is 4.25. The number of thioether (sulfide) groups is 1. The van der Waals surface area contributed by atoms with Crippen molar-refractivity contribution in [2.45, 2.75) is 56.5 Å². The van der Waals surface area contributed by atoms with E-state index in [4.69, 9.17) is 4.74 Å². The van der Waals surface area contributed by atoms with E-state index < -0.39 is 17.7 Å². The summed E-state index contributed by atoms with van der Waals surface area (Å²) in [5.41, 5.74) is 1.49. The molecule has 1 aromatic carbocycles. The molecule has 1 aliphatic rings. The number of hydrogen-bond donors (Lipinski definition) is 0. The van der Waals surface area contributed by atoms with Crippen LogP contribution < -0.4 is 10.3 Å². The van der Waals surface area contributed by atoms with E-state index in [2.05, 4.69) is 6.92 Å². The quantitative estimate of drug-likeness (QED) is 0.414. The maximum absolute atomic E-state index is 14.0. The Labute approximate surface area is 173 Å². The zero-order valence-electron chi connectivity index (χ0n) is 16.7. The van der Waals surface area contributed by atoms with Crippen LogP contribution in [0.1, 0.15) is 50.6 Å². The van der Waals surface area contributed by atoms with Gasteiger partial charge >= 0.3 is 0 Å². The average Bonchev–Trinajstić information content (AvgIpc) is 3.14. The number of methoxy groups -OCH3 is 1. The summed E-state index contributed by atoms with van der Waals surface area (Å²) in [6.45, 7) is 2.15. The summed E-state index contributed by atoms with van der Waals surface area (Å²) in [4.78, 5) is 24.6. The van der Waals surface area contributed by atoms with Crippen molar-refractivity contribution in [2.75, 3.05) is 12.9 Å². The number of aromatic nitrogens is 1. The predicted octanol–water partition coefficient (Wildman–Crippen LogP) is 5.16. The summed E-state index contributed by atoms with van der Waals surface area (Å²) in [6.07, 6.45) is 6.59. The summed E-state index contributed by atoms with van der Waals surface area (Å²) in [5.74, 6) is -1.27. The maximum Gasteiger partial charge on any atom is 0.294 e. The number of hydrogen-bond acceptors (Lipinski definition) is 4. The highest BCUT2D eigenvalue weighted by atomic mass is 32.2. The van der Waals surface area contributed by atoms with Crippen LogP contribution >= 0.6 is 11.8 Å². The largest absolute Gasteiger partial charge is 0.491 e. The third-order valence-corrected chi connectivity index (χ3v) is 6.43. The Hall–Kier alpha value is -2.15. The second-order valence-electron chi connectivity index (χ2n) is 7.17. The number of rotatable bonds is 9. The second kappa shape index (κ2) is 9.57. The first kappa shape index (κ1) is 21.6. The van der Waals surface area contributed by atoms with Crippen LogP contribution in [0.3, 0.4) is 0 Å². The summed E-state index contributed by atoms with van der Waals surface area (Å²) in [6, 6.07) is 3.14. The highest BCUT2D eigenvalue weighted by Crippen LogP contribution is 2.43. The summed E-state index contributed by atoms with van der Waals surface area (Å²) < 4.78 is 34.4. The minimum atomic E-state index is -0.949. The van der Waals surface area contributed by atoms with Gasteiger partial charge in [-0.1, -0.05) is 38.7 Å². The van der Waals surface area contributed by atoms with Gasteiger partial charge in [0.15, 0.2) is 17.4 Å². The van der Waals surface area contributed by atoms with E-state index in [-0.39, 0.29) is 11.3 Å². The summed E-state index contributed by atoms with van der Waals surface area (Å²) in [7, 11) is 1.43. The molecule has 1 aromatic heterocycles. The van der Waals surface area contributed by atoms with Gasteiger partial charge in [-0.3, -0.25) is 9.36 Å². The lowest BCUT2D eigenvalue weighted by atomic mass is 9.95. The monoisotopic (exact) mass is 421 g/mol. The zero-order chi connectivity index (χ0) is 21.0. The minimum Gasteiger partial charge on any atom is -0.491 e. The third-order valence-electron chi connectivity index (χ3n) is 5.24. The number of aldehydes is 1. The van der Waals surface area contributed by atoms with Gasteiger partial charge in [0, 0.05) is 16.9 Å². The van der Waals surface area contributed by atoms with Crippen molar-refractivity contribution >= 4 is 18.0 Å². The minimum absolute atomic E-state index is 0.179. The van der Waals surface area contributed by atoms with Gasteiger partial charge in [0.1, 0.15) is 12.3 Å². The average molecular weight is 422 g/mol. The van der Waals surface area contributed by atoms with Crippen molar-refractivity contribution in [3.8, 4) is 16.9 Å². The number of benzene rings is 1. The van der Waals surface area contributed by atoms with Crippen molar-refractivity contribution in [3.05, 3.63) is 45.8 Å². The molecule has 1 atom stereocenters. The number of fused-ring (bicyclic) bond motifs is 1. The van der Waals surface area contributed by atoms with Gasteiger partial charge in [-0.15, -0.1) is 11.8 Å². The van der Waals surface area contributed by atoms with Crippen molar-refractivity contribution in [3.63, 3.8) is 0 Å². The van der Waals surface area contributed by atoms with Gasteiger partial charge in [-0.05, 0) is 30.5 Å². The van der Waals surface area contributed by atoms with E-state index >= 15 is 0 Å². The fourth-order valence-electron chi connectivity index (χ4n) is 3.78. The van der Waals surface area contributed by atoms with E-state index in [9.17, 15) is 18.4 Å². The molecule has 0 saturated carbocycles. The van der Waals surface area contributed by atoms with Crippen molar-refractivity contribution < 1.29 is 18.3 Å². The van der Waals surface area contributed by atoms with Crippen molar-refractivity contribution in [2.24, 2.45) is 0 Å². The molecular weight excluding hydrogens is 396 g/mol. The first-order valence-corrected chi connectivity index (χ1v) is 10.9. The van der Waals surface area contributed by atoms with Crippen LogP contribution in [-0.4, -0.2) is 23.7 Å². The number of halogens is 2. The van der Waals surface area contributed by atoms with Gasteiger partial charge < -0.3 is 9.53 Å². The summed E-state index contributed by atoms with van der Waals surface area (Å²) >= 11 is 1.39. The van der Waals surface area contributed by atoms with Gasteiger partial charge in [-0.2, -0.15) is 0 Å². The molecule has 3 rings (SSSR count). The molecule has 0 fully saturated rings. The fraction of sp³-hybridized carbons (Fsp3) is 0.455. The zero-order valence-corrected chi connectivity index (χ0v) is 17.5. The lowest BCUT2D eigenvalue weighted by molar-refractivity contribution is -0.110. The molecule has 0 N–H and O–H groups in total. The van der Waals surface area contributed by atoms with E-state index in [1.54, 1.807) is 0 Å². The molecule has 7 heteroatoms. The highest BCUT2D eigenvalue weighted by Gasteiger charge is 2.32. The van der Waals surface area contributed by atoms with Gasteiger partial charge in [0.2, 0.25) is 0 Å². The molecule has 29 heavy (non-hydrogen) atoms. The molecule has 0 unspecified atom stereocenters. The van der Waals surface area contributed by atoms with Gasteiger partial charge in [0.05, 0.1) is 12.1 Å².